The van der Waals surface area contributed by atoms with Crippen molar-refractivity contribution >= 4 is 21.6 Å². The number of piperidine rings is 1. The van der Waals surface area contributed by atoms with Crippen LogP contribution in [-0.2, 0) is 14.8 Å². The van der Waals surface area contributed by atoms with E-state index in [9.17, 15) is 13.2 Å². The number of nitrogens with one attached hydrogen (secondary N) is 2. The van der Waals surface area contributed by atoms with Gasteiger partial charge in [0, 0.05) is 25.7 Å². The molecule has 1 aromatic carbocycles. The molecule has 1 aliphatic heterocycles. The first kappa shape index (κ1) is 16.9. The van der Waals surface area contributed by atoms with Gasteiger partial charge in [0.2, 0.25) is 15.9 Å². The fraction of sp³-hybridized carbons (Fsp3) is 0.533. The lowest BCUT2D eigenvalue weighted by Crippen LogP contribution is -2.42. The maximum absolute atomic E-state index is 12.7. The van der Waals surface area contributed by atoms with E-state index in [1.54, 1.807) is 28.6 Å². The van der Waals surface area contributed by atoms with Gasteiger partial charge in [0.1, 0.15) is 0 Å². The maximum atomic E-state index is 12.7. The zero-order chi connectivity index (χ0) is 16.2. The van der Waals surface area contributed by atoms with Crippen molar-refractivity contribution in [3.05, 3.63) is 24.3 Å². The third-order valence-corrected chi connectivity index (χ3v) is 5.67. The molecule has 1 aliphatic rings. The van der Waals surface area contributed by atoms with Crippen LogP contribution >= 0.6 is 0 Å². The smallest absolute Gasteiger partial charge is 0.243 e. The number of rotatable bonds is 5. The molecule has 0 spiro atoms. The minimum Gasteiger partial charge on any atom is -0.326 e. The second kappa shape index (κ2) is 7.21. The number of sulfonamides is 1. The summed E-state index contributed by atoms with van der Waals surface area (Å²) < 4.78 is 26.9. The fourth-order valence-electron chi connectivity index (χ4n) is 2.76. The van der Waals surface area contributed by atoms with Crippen LogP contribution in [0.1, 0.15) is 19.8 Å². The normalized spacial score (nSPS) is 19.8. The van der Waals surface area contributed by atoms with Crippen LogP contribution in [0.3, 0.4) is 0 Å². The highest BCUT2D eigenvalue weighted by atomic mass is 32.2. The van der Waals surface area contributed by atoms with E-state index in [4.69, 9.17) is 0 Å². The Kier molecular flexibility index (Phi) is 5.55. The van der Waals surface area contributed by atoms with Crippen molar-refractivity contribution < 1.29 is 13.2 Å². The molecule has 1 amide bonds. The van der Waals surface area contributed by atoms with Gasteiger partial charge in [-0.3, -0.25) is 4.79 Å². The molecule has 22 heavy (non-hydrogen) atoms. The van der Waals surface area contributed by atoms with E-state index in [1.165, 1.54) is 6.92 Å². The van der Waals surface area contributed by atoms with Gasteiger partial charge in [-0.05, 0) is 56.6 Å². The van der Waals surface area contributed by atoms with Gasteiger partial charge >= 0.3 is 0 Å². The van der Waals surface area contributed by atoms with Crippen LogP contribution in [0.15, 0.2) is 29.2 Å². The Morgan fingerprint density at radius 1 is 1.32 bits per heavy atom. The summed E-state index contributed by atoms with van der Waals surface area (Å²) in [6.07, 6.45) is 1.93. The molecule has 2 N–H and O–H groups in total. The second-order valence-corrected chi connectivity index (χ2v) is 7.57. The molecule has 6 nitrogen and oxygen atoms in total. The van der Waals surface area contributed by atoms with Gasteiger partial charge in [-0.25, -0.2) is 8.42 Å². The molecule has 0 radical (unpaired) electrons. The second-order valence-electron chi connectivity index (χ2n) is 5.63. The van der Waals surface area contributed by atoms with Crippen LogP contribution in [0.25, 0.3) is 0 Å². The fourth-order valence-corrected chi connectivity index (χ4v) is 4.32. The number of benzene rings is 1. The zero-order valence-electron chi connectivity index (χ0n) is 13.0. The molecular weight excluding hydrogens is 302 g/mol. The predicted molar refractivity (Wildman–Crippen MR) is 86.2 cm³/mol. The van der Waals surface area contributed by atoms with Gasteiger partial charge in [-0.2, -0.15) is 4.31 Å². The van der Waals surface area contributed by atoms with E-state index < -0.39 is 10.0 Å². The van der Waals surface area contributed by atoms with E-state index >= 15 is 0 Å². The maximum Gasteiger partial charge on any atom is 0.243 e. The molecule has 0 bridgehead atoms. The summed E-state index contributed by atoms with van der Waals surface area (Å²) in [4.78, 5) is 11.3. The van der Waals surface area contributed by atoms with Gasteiger partial charge in [0.25, 0.3) is 0 Å². The summed E-state index contributed by atoms with van der Waals surface area (Å²) in [6.45, 7) is 3.36. The van der Waals surface area contributed by atoms with E-state index in [2.05, 4.69) is 10.6 Å². The van der Waals surface area contributed by atoms with Crippen molar-refractivity contribution in [1.82, 2.24) is 9.62 Å². The topological polar surface area (TPSA) is 78.5 Å². The number of hydrogen-bond donors (Lipinski definition) is 2. The van der Waals surface area contributed by atoms with Gasteiger partial charge in [0.05, 0.1) is 4.90 Å². The minimum atomic E-state index is -3.47. The summed E-state index contributed by atoms with van der Waals surface area (Å²) in [7, 11) is -1.58. The van der Waals surface area contributed by atoms with Gasteiger partial charge < -0.3 is 10.6 Å². The lowest BCUT2D eigenvalue weighted by Gasteiger charge is -2.31. The van der Waals surface area contributed by atoms with Crippen molar-refractivity contribution in [3.8, 4) is 0 Å². The third-order valence-electron chi connectivity index (χ3n) is 3.79. The number of carbonyl (C=O) groups excluding carboxylic acids is 1. The van der Waals surface area contributed by atoms with Gasteiger partial charge in [-0.1, -0.05) is 0 Å². The Morgan fingerprint density at radius 2 is 2.00 bits per heavy atom. The van der Waals surface area contributed by atoms with Crippen LogP contribution in [0.4, 0.5) is 5.69 Å². The summed E-state index contributed by atoms with van der Waals surface area (Å²) >= 11 is 0. The van der Waals surface area contributed by atoms with Gasteiger partial charge in [0.15, 0.2) is 0 Å². The summed E-state index contributed by atoms with van der Waals surface area (Å²) in [5.41, 5.74) is 0.596. The lowest BCUT2D eigenvalue weighted by molar-refractivity contribution is -0.114. The summed E-state index contributed by atoms with van der Waals surface area (Å²) in [5, 5.41) is 5.74. The average molecular weight is 325 g/mol. The van der Waals surface area contributed by atoms with E-state index in [0.717, 1.165) is 19.4 Å². The molecule has 0 aliphatic carbocycles. The Bertz CT molecular complexity index is 611. The number of carbonyl (C=O) groups is 1. The van der Waals surface area contributed by atoms with Crippen molar-refractivity contribution in [3.63, 3.8) is 0 Å². The van der Waals surface area contributed by atoms with E-state index in [1.807, 2.05) is 7.05 Å². The summed E-state index contributed by atoms with van der Waals surface area (Å²) in [5.74, 6) is 0.175. The molecule has 7 heteroatoms. The number of amides is 1. The number of nitrogens with zero attached hydrogens (tertiary/aromatic N) is 1. The molecule has 1 heterocycles. The average Bonchev–Trinajstić information content (AvgIpc) is 2.48. The molecular formula is C15H23N3O3S. The number of anilines is 1. The lowest BCUT2D eigenvalue weighted by atomic mass is 10.00. The zero-order valence-corrected chi connectivity index (χ0v) is 13.8. The molecule has 2 rings (SSSR count). The van der Waals surface area contributed by atoms with E-state index in [0.29, 0.717) is 24.7 Å². The SMILES string of the molecule is CNCC1CCCN(S(=O)(=O)c2ccc(NC(C)=O)cc2)C1. The Balaban J connectivity index is 2.13. The van der Waals surface area contributed by atoms with E-state index in [-0.39, 0.29) is 10.8 Å². The number of hydrogen-bond acceptors (Lipinski definition) is 4. The van der Waals surface area contributed by atoms with Crippen molar-refractivity contribution in [2.45, 2.75) is 24.7 Å². The minimum absolute atomic E-state index is 0.179. The monoisotopic (exact) mass is 325 g/mol. The van der Waals surface area contributed by atoms with Crippen molar-refractivity contribution in [2.24, 2.45) is 5.92 Å². The molecule has 1 saturated heterocycles. The molecule has 1 unspecified atom stereocenters. The highest BCUT2D eigenvalue weighted by Gasteiger charge is 2.29. The van der Waals surface area contributed by atoms with Gasteiger partial charge in [-0.15, -0.1) is 0 Å². The molecule has 1 fully saturated rings. The Labute approximate surface area is 131 Å². The molecule has 0 aromatic heterocycles. The molecule has 0 saturated carbocycles. The standard InChI is InChI=1S/C15H23N3O3S/c1-12(19)17-14-5-7-15(8-6-14)22(20,21)18-9-3-4-13(11-18)10-16-2/h5-8,13,16H,3-4,9-11H2,1-2H3,(H,17,19). The molecule has 1 aromatic rings. The van der Waals surface area contributed by atoms with Crippen LogP contribution in [0, 0.1) is 5.92 Å². The predicted octanol–water partition coefficient (Wildman–Crippen LogP) is 1.27. The largest absolute Gasteiger partial charge is 0.326 e. The van der Waals surface area contributed by atoms with Crippen LogP contribution in [-0.4, -0.2) is 45.3 Å². The first-order chi connectivity index (χ1) is 10.4. The van der Waals surface area contributed by atoms with Crippen LogP contribution in [0.5, 0.6) is 0 Å². The Morgan fingerprint density at radius 3 is 2.59 bits per heavy atom. The van der Waals surface area contributed by atoms with Crippen molar-refractivity contribution in [1.29, 1.82) is 0 Å². The highest BCUT2D eigenvalue weighted by Crippen LogP contribution is 2.24. The van der Waals surface area contributed by atoms with Crippen LogP contribution < -0.4 is 10.6 Å². The summed E-state index contributed by atoms with van der Waals surface area (Å²) in [6, 6.07) is 6.32. The quantitative estimate of drug-likeness (QED) is 0.854. The highest BCUT2D eigenvalue weighted by molar-refractivity contribution is 7.89. The Hall–Kier alpha value is -1.44. The first-order valence-electron chi connectivity index (χ1n) is 7.46. The van der Waals surface area contributed by atoms with Crippen LogP contribution in [0.2, 0.25) is 0 Å². The molecule has 122 valence electrons. The molecule has 1 atom stereocenters. The van der Waals surface area contributed by atoms with Crippen molar-refractivity contribution in [2.75, 3.05) is 32.0 Å². The third kappa shape index (κ3) is 4.06. The first-order valence-corrected chi connectivity index (χ1v) is 8.90.